The zero-order valence-corrected chi connectivity index (χ0v) is 34.0. The summed E-state index contributed by atoms with van der Waals surface area (Å²) in [6.45, 7) is 7.80. The van der Waals surface area contributed by atoms with E-state index in [4.69, 9.17) is 21.4 Å². The molecule has 300 valence electrons. The number of unbranched alkanes of at least 4 members (excludes halogenated alkanes) is 2. The molecule has 2 heterocycles. The first kappa shape index (κ1) is 41.7. The minimum absolute atomic E-state index is 0.0527. The Labute approximate surface area is 338 Å². The average molecular weight is 814 g/mol. The van der Waals surface area contributed by atoms with Gasteiger partial charge in [0.15, 0.2) is 11.5 Å². The topological polar surface area (TPSA) is 160 Å². The van der Waals surface area contributed by atoms with Crippen molar-refractivity contribution >= 4 is 50.0 Å². The minimum Gasteiger partial charge on any atom is -0.394 e. The van der Waals surface area contributed by atoms with Gasteiger partial charge in [-0.1, -0.05) is 86.8 Å². The minimum atomic E-state index is -4.31. The van der Waals surface area contributed by atoms with Crippen molar-refractivity contribution in [1.82, 2.24) is 24.7 Å². The fourth-order valence-electron chi connectivity index (χ4n) is 7.02. The molecule has 1 atom stereocenters. The number of nitrogens with zero attached hydrogens (tertiary/aromatic N) is 3. The predicted molar refractivity (Wildman–Crippen MR) is 220 cm³/mol. The Morgan fingerprint density at radius 2 is 1.70 bits per heavy atom. The number of hydrogen-bond acceptors (Lipinski definition) is 9. The number of fused-ring (bicyclic) bond motifs is 2. The Morgan fingerprint density at radius 1 is 0.965 bits per heavy atom. The monoisotopic (exact) mass is 813 g/mol. The lowest BCUT2D eigenvalue weighted by Gasteiger charge is -2.28. The highest BCUT2D eigenvalue weighted by Crippen LogP contribution is 2.31. The number of aromatic nitrogens is 2. The average Bonchev–Trinajstić information content (AvgIpc) is 3.52. The molecule has 5 aromatic rings. The number of hydrogen-bond donors (Lipinski definition) is 3. The number of amides is 2. The first-order valence-electron chi connectivity index (χ1n) is 19.3. The predicted octanol–water partition coefficient (Wildman–Crippen LogP) is 6.40. The van der Waals surface area contributed by atoms with Gasteiger partial charge in [0.25, 0.3) is 21.8 Å². The third-order valence-corrected chi connectivity index (χ3v) is 12.0. The summed E-state index contributed by atoms with van der Waals surface area (Å²) in [5, 5.41) is 19.0. The van der Waals surface area contributed by atoms with Crippen LogP contribution in [0.2, 0.25) is 5.02 Å². The number of halogens is 1. The van der Waals surface area contributed by atoms with Crippen LogP contribution in [0.15, 0.2) is 83.8 Å². The second kappa shape index (κ2) is 18.6. The molecule has 0 bridgehead atoms. The molecule has 0 saturated heterocycles. The lowest BCUT2D eigenvalue weighted by atomic mass is 9.87. The highest BCUT2D eigenvalue weighted by Gasteiger charge is 2.30. The number of aliphatic hydroxyl groups excluding tert-OH is 1. The van der Waals surface area contributed by atoms with Crippen LogP contribution in [-0.2, 0) is 27.7 Å². The van der Waals surface area contributed by atoms with Crippen LogP contribution in [0.5, 0.6) is 0 Å². The fourth-order valence-corrected chi connectivity index (χ4v) is 8.22. The van der Waals surface area contributed by atoms with Gasteiger partial charge in [-0.2, -0.15) is 5.10 Å². The normalized spacial score (nSPS) is 14.0. The maximum atomic E-state index is 14.9. The van der Waals surface area contributed by atoms with E-state index in [-0.39, 0.29) is 57.6 Å². The van der Waals surface area contributed by atoms with Crippen molar-refractivity contribution in [1.29, 1.82) is 0 Å². The summed E-state index contributed by atoms with van der Waals surface area (Å²) in [6, 6.07) is 21.5. The maximum absolute atomic E-state index is 14.9. The molecular formula is C43H48ClN5O7S. The van der Waals surface area contributed by atoms with Gasteiger partial charge in [-0.3, -0.25) is 14.4 Å². The van der Waals surface area contributed by atoms with E-state index in [2.05, 4.69) is 23.9 Å². The molecule has 0 fully saturated rings. The van der Waals surface area contributed by atoms with Crippen LogP contribution in [-0.4, -0.2) is 84.8 Å². The van der Waals surface area contributed by atoms with Crippen LogP contribution in [0.4, 0.5) is 0 Å². The van der Waals surface area contributed by atoms with Crippen LogP contribution in [0.3, 0.4) is 0 Å². The first-order valence-corrected chi connectivity index (χ1v) is 21.2. The number of benzene rings is 4. The lowest BCUT2D eigenvalue weighted by molar-refractivity contribution is 0.0744. The van der Waals surface area contributed by atoms with E-state index in [0.717, 1.165) is 42.2 Å². The zero-order chi connectivity index (χ0) is 40.7. The van der Waals surface area contributed by atoms with Crippen molar-refractivity contribution < 1.29 is 32.6 Å². The van der Waals surface area contributed by atoms with Gasteiger partial charge in [-0.15, -0.1) is 0 Å². The van der Waals surface area contributed by atoms with Gasteiger partial charge in [0.2, 0.25) is 0 Å². The van der Waals surface area contributed by atoms with E-state index in [1.807, 2.05) is 18.2 Å². The smallest absolute Gasteiger partial charge is 0.275 e. The van der Waals surface area contributed by atoms with Crippen molar-refractivity contribution in [2.75, 3.05) is 32.9 Å². The molecule has 4 aromatic carbocycles. The van der Waals surface area contributed by atoms with Gasteiger partial charge in [-0.05, 0) is 78.4 Å². The summed E-state index contributed by atoms with van der Waals surface area (Å²) < 4.78 is 36.2. The first-order chi connectivity index (χ1) is 27.5. The Morgan fingerprint density at radius 3 is 2.42 bits per heavy atom. The molecule has 1 aliphatic rings. The molecule has 0 saturated carbocycles. The van der Waals surface area contributed by atoms with Gasteiger partial charge in [0.05, 0.1) is 41.1 Å². The summed E-state index contributed by atoms with van der Waals surface area (Å²) in [6.07, 6.45) is 3.90. The quantitative estimate of drug-likeness (QED) is 0.0713. The molecule has 1 aromatic heterocycles. The Bertz CT molecular complexity index is 2390. The largest absolute Gasteiger partial charge is 0.394 e. The molecule has 0 radical (unpaired) electrons. The molecule has 57 heavy (non-hydrogen) atoms. The van der Waals surface area contributed by atoms with Crippen LogP contribution in [0, 0.1) is 6.92 Å². The molecule has 1 unspecified atom stereocenters. The molecule has 6 rings (SSSR count). The lowest BCUT2D eigenvalue weighted by Crippen LogP contribution is -2.40. The highest BCUT2D eigenvalue weighted by molar-refractivity contribution is 7.90. The number of ether oxygens (including phenoxy) is 1. The van der Waals surface area contributed by atoms with Crippen LogP contribution in [0.25, 0.3) is 16.5 Å². The fraction of sp³-hybridized carbons (Fsp3) is 0.349. The molecule has 0 aliphatic carbocycles. The SMILES string of the molecule is CCCCN(CCCC)C(=O)c1nn(-c2ccc(C(=O)NS(=O)(=O)c3ccc4ccccc4c3)cc2C(=O)c2cccc3c2CC(COCCO)NC3)c(C)c1Cl. The van der Waals surface area contributed by atoms with E-state index < -0.39 is 21.7 Å². The molecule has 3 N–H and O–H groups in total. The van der Waals surface area contributed by atoms with E-state index in [1.165, 1.54) is 35.0 Å². The zero-order valence-electron chi connectivity index (χ0n) is 32.4. The van der Waals surface area contributed by atoms with Crippen LogP contribution < -0.4 is 10.0 Å². The molecule has 2 amide bonds. The number of rotatable bonds is 17. The highest BCUT2D eigenvalue weighted by atomic mass is 35.5. The number of nitrogens with one attached hydrogen (secondary N) is 2. The Balaban J connectivity index is 1.42. The van der Waals surface area contributed by atoms with Gasteiger partial charge in [0, 0.05) is 42.4 Å². The van der Waals surface area contributed by atoms with E-state index in [0.29, 0.717) is 49.3 Å². The van der Waals surface area contributed by atoms with E-state index >= 15 is 0 Å². The summed E-state index contributed by atoms with van der Waals surface area (Å²) >= 11 is 6.85. The number of carbonyl (C=O) groups is 3. The van der Waals surface area contributed by atoms with Crippen molar-refractivity contribution in [3.63, 3.8) is 0 Å². The molecule has 1 aliphatic heterocycles. The number of sulfonamides is 1. The second-order valence-corrected chi connectivity index (χ2v) is 16.2. The molecular weight excluding hydrogens is 766 g/mol. The van der Waals surface area contributed by atoms with Gasteiger partial charge >= 0.3 is 0 Å². The molecule has 0 spiro atoms. The maximum Gasteiger partial charge on any atom is 0.275 e. The van der Waals surface area contributed by atoms with Gasteiger partial charge in [0.1, 0.15) is 0 Å². The summed E-state index contributed by atoms with van der Waals surface area (Å²) in [4.78, 5) is 44.3. The van der Waals surface area contributed by atoms with Crippen molar-refractivity contribution in [2.24, 2.45) is 0 Å². The number of aliphatic hydroxyl groups is 1. The third-order valence-electron chi connectivity index (χ3n) is 10.2. The summed E-state index contributed by atoms with van der Waals surface area (Å²) in [7, 11) is -4.31. The van der Waals surface area contributed by atoms with E-state index in [1.54, 1.807) is 42.2 Å². The summed E-state index contributed by atoms with van der Waals surface area (Å²) in [5.41, 5.74) is 2.81. The standard InChI is InChI=1S/C43H48ClN5O7S/c1-4-6-19-48(20-7-5-2)43(53)40-39(44)28(3)49(46-40)38-18-16-31(42(52)47-57(54,55)34-17-15-29-11-8-9-12-30(29)23-34)24-37(38)41(51)35-14-10-13-32-26-45-33(25-36(32)35)27-56-22-21-50/h8-18,23-24,33,45,50H,4-7,19-22,25-27H2,1-3H3,(H,47,52). The van der Waals surface area contributed by atoms with Gasteiger partial charge in [-0.25, -0.2) is 17.8 Å². The molecule has 12 nitrogen and oxygen atoms in total. The Kier molecular flexibility index (Phi) is 13.6. The number of ketones is 1. The van der Waals surface area contributed by atoms with Crippen molar-refractivity contribution in [2.45, 2.75) is 70.4 Å². The van der Waals surface area contributed by atoms with Gasteiger partial charge < -0.3 is 20.1 Å². The van der Waals surface area contributed by atoms with Crippen LogP contribution in [0.1, 0.15) is 93.1 Å². The Hall–Kier alpha value is -4.92. The third kappa shape index (κ3) is 9.29. The van der Waals surface area contributed by atoms with Crippen LogP contribution >= 0.6 is 11.6 Å². The molecule has 14 heteroatoms. The number of carbonyl (C=O) groups excluding carboxylic acids is 3. The second-order valence-electron chi connectivity index (χ2n) is 14.2. The van der Waals surface area contributed by atoms with E-state index in [9.17, 15) is 27.9 Å². The van der Waals surface area contributed by atoms with Crippen molar-refractivity contribution in [3.8, 4) is 5.69 Å². The van der Waals surface area contributed by atoms with Crippen molar-refractivity contribution in [3.05, 3.63) is 123 Å². The summed E-state index contributed by atoms with van der Waals surface area (Å²) in [5.74, 6) is -1.68.